The number of benzene rings is 1. The average Bonchev–Trinajstić information content (AvgIpc) is 2.85. The third-order valence-corrected chi connectivity index (χ3v) is 4.28. The molecule has 4 nitrogen and oxygen atoms in total. The summed E-state index contributed by atoms with van der Waals surface area (Å²) in [5.74, 6) is 0.310. The molecule has 6 heteroatoms. The Labute approximate surface area is 138 Å². The number of hydrogen-bond donors (Lipinski definition) is 1. The number of carbonyl (C=O) groups excluding carboxylic acids is 2. The van der Waals surface area contributed by atoms with Gasteiger partial charge in [0, 0.05) is 47.9 Å². The number of nitrogens with zero attached hydrogens (tertiary/aromatic N) is 1. The van der Waals surface area contributed by atoms with Gasteiger partial charge in [-0.25, -0.2) is 0 Å². The lowest BCUT2D eigenvalue weighted by atomic mass is 10.1. The Kier molecular flexibility index (Phi) is 6.06. The Hall–Kier alpha value is -1.07. The molecule has 1 aliphatic heterocycles. The lowest BCUT2D eigenvalue weighted by molar-refractivity contribution is -0.121. The van der Waals surface area contributed by atoms with Crippen LogP contribution in [0.4, 0.5) is 5.69 Å². The highest BCUT2D eigenvalue weighted by molar-refractivity contribution is 9.09. The Morgan fingerprint density at radius 1 is 1.38 bits per heavy atom. The van der Waals surface area contributed by atoms with E-state index < -0.39 is 0 Å². The summed E-state index contributed by atoms with van der Waals surface area (Å²) in [7, 11) is 0. The minimum atomic E-state index is 0.0480. The maximum atomic E-state index is 12.1. The van der Waals surface area contributed by atoms with Gasteiger partial charge in [-0.1, -0.05) is 27.5 Å². The van der Waals surface area contributed by atoms with Gasteiger partial charge in [-0.3, -0.25) is 9.59 Å². The molecule has 1 heterocycles. The van der Waals surface area contributed by atoms with Crippen LogP contribution < -0.4 is 10.2 Å². The van der Waals surface area contributed by atoms with Crippen LogP contribution in [0.3, 0.4) is 0 Å². The van der Waals surface area contributed by atoms with Crippen molar-refractivity contribution in [3.05, 3.63) is 29.3 Å². The molecule has 0 radical (unpaired) electrons. The van der Waals surface area contributed by atoms with Crippen LogP contribution in [-0.4, -0.2) is 30.2 Å². The fourth-order valence-electron chi connectivity index (χ4n) is 2.36. The third-order valence-electron chi connectivity index (χ3n) is 3.47. The van der Waals surface area contributed by atoms with Crippen molar-refractivity contribution in [2.75, 3.05) is 23.3 Å². The topological polar surface area (TPSA) is 49.4 Å². The zero-order valence-corrected chi connectivity index (χ0v) is 14.0. The third kappa shape index (κ3) is 4.71. The van der Waals surface area contributed by atoms with Crippen molar-refractivity contribution in [2.45, 2.75) is 19.3 Å². The van der Waals surface area contributed by atoms with Gasteiger partial charge < -0.3 is 10.2 Å². The van der Waals surface area contributed by atoms with Crippen molar-refractivity contribution in [1.82, 2.24) is 5.32 Å². The van der Waals surface area contributed by atoms with Gasteiger partial charge in [0.1, 0.15) is 0 Å². The van der Waals surface area contributed by atoms with Gasteiger partial charge in [0.15, 0.2) is 0 Å². The number of nitrogens with one attached hydrogen (secondary N) is 1. The number of anilines is 1. The Morgan fingerprint density at radius 3 is 2.76 bits per heavy atom. The zero-order valence-electron chi connectivity index (χ0n) is 11.6. The summed E-state index contributed by atoms with van der Waals surface area (Å²) in [6.45, 7) is 1.19. The molecule has 2 amide bonds. The molecule has 1 atom stereocenters. The number of halogens is 2. The predicted molar refractivity (Wildman–Crippen MR) is 87.9 cm³/mol. The van der Waals surface area contributed by atoms with Crippen molar-refractivity contribution >= 4 is 45.0 Å². The molecule has 114 valence electrons. The zero-order chi connectivity index (χ0) is 15.2. The first kappa shape index (κ1) is 16.3. The molecule has 0 saturated carbocycles. The van der Waals surface area contributed by atoms with E-state index in [4.69, 9.17) is 11.6 Å². The number of amides is 2. The molecule has 0 aromatic heterocycles. The summed E-state index contributed by atoms with van der Waals surface area (Å²) < 4.78 is 0. The van der Waals surface area contributed by atoms with E-state index >= 15 is 0 Å². The van der Waals surface area contributed by atoms with Crippen LogP contribution in [0.2, 0.25) is 5.02 Å². The largest absolute Gasteiger partial charge is 0.356 e. The Bertz CT molecular complexity index is 507. The molecule has 1 aromatic carbocycles. The maximum absolute atomic E-state index is 12.1. The van der Waals surface area contributed by atoms with E-state index in [0.717, 1.165) is 17.4 Å². The van der Waals surface area contributed by atoms with Crippen LogP contribution in [0.25, 0.3) is 0 Å². The first-order valence-electron chi connectivity index (χ1n) is 6.98. The van der Waals surface area contributed by atoms with Gasteiger partial charge in [0.2, 0.25) is 11.8 Å². The lowest BCUT2D eigenvalue weighted by Crippen LogP contribution is -2.31. The normalized spacial score (nSPS) is 18.1. The van der Waals surface area contributed by atoms with E-state index in [9.17, 15) is 9.59 Å². The fourth-order valence-corrected chi connectivity index (χ4v) is 2.77. The van der Waals surface area contributed by atoms with E-state index in [2.05, 4.69) is 21.2 Å². The molecule has 0 aliphatic carbocycles. The van der Waals surface area contributed by atoms with Crippen molar-refractivity contribution in [3.63, 3.8) is 0 Å². The monoisotopic (exact) mass is 372 g/mol. The smallest absolute Gasteiger partial charge is 0.227 e. The van der Waals surface area contributed by atoms with Crippen molar-refractivity contribution in [3.8, 4) is 0 Å². The summed E-state index contributed by atoms with van der Waals surface area (Å²) >= 11 is 9.16. The number of hydrogen-bond acceptors (Lipinski definition) is 2. The van der Waals surface area contributed by atoms with Crippen LogP contribution in [0.5, 0.6) is 0 Å². The summed E-state index contributed by atoms with van der Waals surface area (Å²) in [5, 5.41) is 4.38. The standard InChI is InChI=1S/C15H18BrClN2O2/c16-7-1-2-14(20)18-9-11-8-15(21)19(10-11)13-5-3-12(17)4-6-13/h3-6,11H,1-2,7-10H2,(H,18,20). The van der Waals surface area contributed by atoms with Gasteiger partial charge in [-0.05, 0) is 30.7 Å². The van der Waals surface area contributed by atoms with E-state index in [1.54, 1.807) is 17.0 Å². The molecule has 1 saturated heterocycles. The van der Waals surface area contributed by atoms with E-state index in [-0.39, 0.29) is 17.7 Å². The predicted octanol–water partition coefficient (Wildman–Crippen LogP) is 2.98. The molecule has 1 unspecified atom stereocenters. The second kappa shape index (κ2) is 7.80. The average molecular weight is 374 g/mol. The first-order chi connectivity index (χ1) is 10.1. The minimum absolute atomic E-state index is 0.0480. The summed E-state index contributed by atoms with van der Waals surface area (Å²) in [4.78, 5) is 25.4. The van der Waals surface area contributed by atoms with E-state index in [1.165, 1.54) is 0 Å². The molecule has 2 rings (SSSR count). The summed E-state index contributed by atoms with van der Waals surface area (Å²) in [5.41, 5.74) is 0.859. The summed E-state index contributed by atoms with van der Waals surface area (Å²) in [6.07, 6.45) is 1.82. The van der Waals surface area contributed by atoms with E-state index in [1.807, 2.05) is 12.1 Å². The quantitative estimate of drug-likeness (QED) is 0.779. The molecular formula is C15H18BrClN2O2. The first-order valence-corrected chi connectivity index (χ1v) is 8.48. The molecular weight excluding hydrogens is 356 g/mol. The number of rotatable bonds is 6. The second-order valence-electron chi connectivity index (χ2n) is 5.15. The van der Waals surface area contributed by atoms with Crippen molar-refractivity contribution in [2.24, 2.45) is 5.92 Å². The highest BCUT2D eigenvalue weighted by Gasteiger charge is 2.30. The fraction of sp³-hybridized carbons (Fsp3) is 0.467. The number of alkyl halides is 1. The minimum Gasteiger partial charge on any atom is -0.356 e. The highest BCUT2D eigenvalue weighted by Crippen LogP contribution is 2.25. The van der Waals surface area contributed by atoms with Crippen LogP contribution in [0.1, 0.15) is 19.3 Å². The maximum Gasteiger partial charge on any atom is 0.227 e. The molecule has 0 bridgehead atoms. The van der Waals surface area contributed by atoms with Crippen LogP contribution >= 0.6 is 27.5 Å². The molecule has 21 heavy (non-hydrogen) atoms. The molecule has 1 aromatic rings. The Morgan fingerprint density at radius 2 is 2.10 bits per heavy atom. The SMILES string of the molecule is O=C(CCCBr)NCC1CC(=O)N(c2ccc(Cl)cc2)C1. The second-order valence-corrected chi connectivity index (χ2v) is 6.38. The lowest BCUT2D eigenvalue weighted by Gasteiger charge is -2.17. The summed E-state index contributed by atoms with van der Waals surface area (Å²) in [6, 6.07) is 7.24. The van der Waals surface area contributed by atoms with Crippen LogP contribution in [-0.2, 0) is 9.59 Å². The van der Waals surface area contributed by atoms with Crippen LogP contribution in [0, 0.1) is 5.92 Å². The van der Waals surface area contributed by atoms with Gasteiger partial charge in [0.05, 0.1) is 0 Å². The molecule has 1 N–H and O–H groups in total. The molecule has 0 spiro atoms. The molecule has 1 fully saturated rings. The Balaban J connectivity index is 1.85. The molecule has 1 aliphatic rings. The van der Waals surface area contributed by atoms with Gasteiger partial charge in [-0.2, -0.15) is 0 Å². The highest BCUT2D eigenvalue weighted by atomic mass is 79.9. The van der Waals surface area contributed by atoms with Gasteiger partial charge in [0.25, 0.3) is 0 Å². The van der Waals surface area contributed by atoms with E-state index in [0.29, 0.717) is 31.0 Å². The van der Waals surface area contributed by atoms with Crippen molar-refractivity contribution in [1.29, 1.82) is 0 Å². The van der Waals surface area contributed by atoms with Gasteiger partial charge >= 0.3 is 0 Å². The van der Waals surface area contributed by atoms with Gasteiger partial charge in [-0.15, -0.1) is 0 Å². The van der Waals surface area contributed by atoms with Crippen molar-refractivity contribution < 1.29 is 9.59 Å². The number of carbonyl (C=O) groups is 2. The van der Waals surface area contributed by atoms with Crippen LogP contribution in [0.15, 0.2) is 24.3 Å².